The van der Waals surface area contributed by atoms with Crippen molar-refractivity contribution in [2.24, 2.45) is 0 Å². The summed E-state index contributed by atoms with van der Waals surface area (Å²) >= 11 is 5.63. The average molecular weight is 338 g/mol. The van der Waals surface area contributed by atoms with Crippen molar-refractivity contribution in [1.29, 1.82) is 0 Å². The Morgan fingerprint density at radius 2 is 1.92 bits per heavy atom. The van der Waals surface area contributed by atoms with Crippen LogP contribution in [-0.4, -0.2) is 28.3 Å². The Balaban J connectivity index is 1.61. The highest BCUT2D eigenvalue weighted by molar-refractivity contribution is 7.80. The molecule has 4 rings (SSSR count). The molecule has 5 nitrogen and oxygen atoms in total. The van der Waals surface area contributed by atoms with E-state index in [0.717, 1.165) is 47.9 Å². The summed E-state index contributed by atoms with van der Waals surface area (Å²) in [4.78, 5) is 6.84. The van der Waals surface area contributed by atoms with Crippen LogP contribution < -0.4 is 15.0 Å². The van der Waals surface area contributed by atoms with E-state index in [4.69, 9.17) is 21.9 Å². The number of nitrogens with one attached hydrogen (secondary N) is 1. The number of para-hydroxylation sites is 2. The number of methoxy groups -OCH3 is 1. The van der Waals surface area contributed by atoms with E-state index >= 15 is 0 Å². The quantitative estimate of drug-likeness (QED) is 0.723. The van der Waals surface area contributed by atoms with Crippen molar-refractivity contribution in [3.8, 4) is 5.75 Å². The lowest BCUT2D eigenvalue weighted by molar-refractivity contribution is 0.415. The summed E-state index contributed by atoms with van der Waals surface area (Å²) in [6.07, 6.45) is 1.04. The molecule has 0 fully saturated rings. The van der Waals surface area contributed by atoms with Gasteiger partial charge in [-0.3, -0.25) is 4.90 Å². The zero-order chi connectivity index (χ0) is 16.5. The Morgan fingerprint density at radius 3 is 2.71 bits per heavy atom. The maximum Gasteiger partial charge on any atom is 0.212 e. The summed E-state index contributed by atoms with van der Waals surface area (Å²) in [6, 6.07) is 15.9. The first-order valence-corrected chi connectivity index (χ1v) is 8.35. The van der Waals surface area contributed by atoms with Crippen LogP contribution in [-0.2, 0) is 6.54 Å². The minimum absolute atomic E-state index is 0.663. The number of rotatable bonds is 2. The van der Waals surface area contributed by atoms with Gasteiger partial charge >= 0.3 is 0 Å². The molecule has 0 spiro atoms. The van der Waals surface area contributed by atoms with Crippen LogP contribution in [0.15, 0.2) is 48.5 Å². The second kappa shape index (κ2) is 6.13. The molecule has 24 heavy (non-hydrogen) atoms. The molecule has 1 aliphatic heterocycles. The van der Waals surface area contributed by atoms with Crippen LogP contribution in [0.4, 0.5) is 11.6 Å². The molecule has 0 radical (unpaired) electrons. The molecule has 2 heterocycles. The van der Waals surface area contributed by atoms with Gasteiger partial charge in [0.25, 0.3) is 0 Å². The molecule has 0 aliphatic carbocycles. The van der Waals surface area contributed by atoms with Gasteiger partial charge < -0.3 is 14.6 Å². The Bertz CT molecular complexity index is 888. The monoisotopic (exact) mass is 338 g/mol. The van der Waals surface area contributed by atoms with Crippen molar-refractivity contribution in [2.45, 2.75) is 13.0 Å². The molecule has 1 aromatic heterocycles. The fraction of sp³-hybridized carbons (Fsp3) is 0.222. The summed E-state index contributed by atoms with van der Waals surface area (Å²) in [5.74, 6) is 1.74. The summed E-state index contributed by atoms with van der Waals surface area (Å²) in [5.41, 5.74) is 3.10. The second-order valence-electron chi connectivity index (χ2n) is 5.72. The molecule has 0 amide bonds. The van der Waals surface area contributed by atoms with E-state index in [0.29, 0.717) is 5.11 Å². The third-order valence-corrected chi connectivity index (χ3v) is 4.55. The molecule has 0 saturated heterocycles. The largest absolute Gasteiger partial charge is 0.497 e. The lowest BCUT2D eigenvalue weighted by Crippen LogP contribution is -2.40. The van der Waals surface area contributed by atoms with E-state index in [2.05, 4.69) is 20.9 Å². The fourth-order valence-corrected chi connectivity index (χ4v) is 3.32. The molecule has 0 unspecified atom stereocenters. The number of aromatic nitrogens is 2. The molecule has 2 aromatic carbocycles. The lowest BCUT2D eigenvalue weighted by Gasteiger charge is -2.29. The average Bonchev–Trinajstić information content (AvgIpc) is 3.01. The predicted molar refractivity (Wildman–Crippen MR) is 101 cm³/mol. The molecule has 3 aromatic rings. The van der Waals surface area contributed by atoms with Crippen molar-refractivity contribution in [3.63, 3.8) is 0 Å². The molecule has 122 valence electrons. The van der Waals surface area contributed by atoms with Gasteiger partial charge in [0.2, 0.25) is 5.95 Å². The number of fused-ring (bicyclic) bond motifs is 3. The minimum Gasteiger partial charge on any atom is -0.497 e. The molecule has 0 bridgehead atoms. The van der Waals surface area contributed by atoms with E-state index in [1.165, 1.54) is 0 Å². The van der Waals surface area contributed by atoms with Crippen molar-refractivity contribution < 1.29 is 4.74 Å². The summed E-state index contributed by atoms with van der Waals surface area (Å²) in [7, 11) is 1.66. The zero-order valence-corrected chi connectivity index (χ0v) is 14.2. The van der Waals surface area contributed by atoms with Gasteiger partial charge in [-0.2, -0.15) is 0 Å². The number of hydrogen-bond donors (Lipinski definition) is 1. The number of thiocarbonyl (C=S) groups is 1. The van der Waals surface area contributed by atoms with Crippen LogP contribution in [0.3, 0.4) is 0 Å². The molecule has 1 N–H and O–H groups in total. The molecular formula is C18H18N4OS. The van der Waals surface area contributed by atoms with Crippen LogP contribution in [0.1, 0.15) is 6.42 Å². The highest BCUT2D eigenvalue weighted by Crippen LogP contribution is 2.27. The molecule has 0 saturated carbocycles. The molecular weight excluding hydrogens is 320 g/mol. The van der Waals surface area contributed by atoms with E-state index in [1.54, 1.807) is 7.11 Å². The van der Waals surface area contributed by atoms with Gasteiger partial charge in [0, 0.05) is 18.8 Å². The van der Waals surface area contributed by atoms with Crippen molar-refractivity contribution in [3.05, 3.63) is 48.5 Å². The number of ether oxygens (including phenoxy) is 1. The van der Waals surface area contributed by atoms with Crippen molar-refractivity contribution >= 4 is 40.0 Å². The Labute approximate surface area is 145 Å². The van der Waals surface area contributed by atoms with Crippen LogP contribution in [0.5, 0.6) is 5.75 Å². The highest BCUT2D eigenvalue weighted by Gasteiger charge is 2.24. The number of nitrogens with zero attached hydrogens (tertiary/aromatic N) is 3. The van der Waals surface area contributed by atoms with Crippen LogP contribution in [0.2, 0.25) is 0 Å². The van der Waals surface area contributed by atoms with Crippen molar-refractivity contribution in [1.82, 2.24) is 9.55 Å². The molecule has 1 aliphatic rings. The SMILES string of the molecule is COc1ccc(NC(=S)N2CCCn3c2nc2ccccc23)cc1. The zero-order valence-electron chi connectivity index (χ0n) is 13.4. The topological polar surface area (TPSA) is 42.3 Å². The fourth-order valence-electron chi connectivity index (χ4n) is 3.03. The van der Waals surface area contributed by atoms with Crippen LogP contribution in [0, 0.1) is 0 Å². The lowest BCUT2D eigenvalue weighted by atomic mass is 10.3. The Kier molecular flexibility index (Phi) is 3.82. The van der Waals surface area contributed by atoms with E-state index in [-0.39, 0.29) is 0 Å². The van der Waals surface area contributed by atoms with Gasteiger partial charge in [-0.1, -0.05) is 12.1 Å². The highest BCUT2D eigenvalue weighted by atomic mass is 32.1. The second-order valence-corrected chi connectivity index (χ2v) is 6.10. The van der Waals surface area contributed by atoms with Gasteiger partial charge in [-0.05, 0) is 55.0 Å². The first-order valence-electron chi connectivity index (χ1n) is 7.94. The summed E-state index contributed by atoms with van der Waals surface area (Å²) in [6.45, 7) is 1.84. The van der Waals surface area contributed by atoms with Gasteiger partial charge in [0.05, 0.1) is 18.1 Å². The summed E-state index contributed by atoms with van der Waals surface area (Å²) in [5, 5.41) is 3.96. The normalized spacial score (nSPS) is 13.6. The van der Waals surface area contributed by atoms with E-state index < -0.39 is 0 Å². The number of benzene rings is 2. The maximum absolute atomic E-state index is 5.63. The van der Waals surface area contributed by atoms with Crippen LogP contribution in [0.25, 0.3) is 11.0 Å². The van der Waals surface area contributed by atoms with Crippen molar-refractivity contribution in [2.75, 3.05) is 23.9 Å². The third kappa shape index (κ3) is 2.59. The minimum atomic E-state index is 0.663. The maximum atomic E-state index is 5.63. The van der Waals surface area contributed by atoms with Gasteiger partial charge in [0.15, 0.2) is 5.11 Å². The number of aryl methyl sites for hydroxylation is 1. The first-order chi connectivity index (χ1) is 11.8. The Morgan fingerprint density at radius 1 is 1.12 bits per heavy atom. The van der Waals surface area contributed by atoms with E-state index in [1.807, 2.05) is 42.5 Å². The first kappa shape index (κ1) is 15.0. The third-order valence-electron chi connectivity index (χ3n) is 4.23. The van der Waals surface area contributed by atoms with Gasteiger partial charge in [-0.15, -0.1) is 0 Å². The smallest absolute Gasteiger partial charge is 0.212 e. The van der Waals surface area contributed by atoms with Gasteiger partial charge in [-0.25, -0.2) is 4.98 Å². The van der Waals surface area contributed by atoms with E-state index in [9.17, 15) is 0 Å². The van der Waals surface area contributed by atoms with Crippen LogP contribution >= 0.6 is 12.2 Å². The predicted octanol–water partition coefficient (Wildman–Crippen LogP) is 3.65. The van der Waals surface area contributed by atoms with Gasteiger partial charge in [0.1, 0.15) is 5.75 Å². The molecule has 6 heteroatoms. The number of anilines is 2. The Hall–Kier alpha value is -2.60. The standard InChI is InChI=1S/C18H18N4OS/c1-23-14-9-7-13(8-10-14)19-18(24)22-12-4-11-21-16-6-3-2-5-15(16)20-17(21)22/h2-3,5-10H,4,11-12H2,1H3,(H,19,24). The number of imidazole rings is 1. The number of hydrogen-bond acceptors (Lipinski definition) is 3. The molecule has 0 atom stereocenters. The summed E-state index contributed by atoms with van der Waals surface area (Å²) < 4.78 is 7.42.